The van der Waals surface area contributed by atoms with Crippen molar-refractivity contribution in [3.63, 3.8) is 0 Å². The molecule has 1 aliphatic heterocycles. The summed E-state index contributed by atoms with van der Waals surface area (Å²) in [5, 5.41) is 2.99. The molecule has 2 heterocycles. The van der Waals surface area contributed by atoms with Crippen LogP contribution in [0.2, 0.25) is 0 Å². The fraction of sp³-hybridized carbons (Fsp3) is 0.333. The van der Waals surface area contributed by atoms with Crippen molar-refractivity contribution in [3.05, 3.63) is 66.0 Å². The van der Waals surface area contributed by atoms with Gasteiger partial charge in [-0.1, -0.05) is 36.4 Å². The van der Waals surface area contributed by atoms with Crippen LogP contribution in [0.25, 0.3) is 0 Å². The SMILES string of the molecule is O=C(NCc1ccccc1)N1CCN(Cc2ccccn2)CC1. The molecular formula is C18H22N4O. The van der Waals surface area contributed by atoms with Gasteiger partial charge in [0.05, 0.1) is 5.69 Å². The van der Waals surface area contributed by atoms with Gasteiger partial charge >= 0.3 is 6.03 Å². The third kappa shape index (κ3) is 4.53. The normalized spacial score (nSPS) is 15.4. The highest BCUT2D eigenvalue weighted by Crippen LogP contribution is 2.07. The molecule has 1 aliphatic rings. The molecule has 23 heavy (non-hydrogen) atoms. The largest absolute Gasteiger partial charge is 0.334 e. The molecule has 1 N–H and O–H groups in total. The fourth-order valence-electron chi connectivity index (χ4n) is 2.72. The summed E-state index contributed by atoms with van der Waals surface area (Å²) in [6.07, 6.45) is 1.82. The standard InChI is InChI=1S/C18H22N4O/c23-18(20-14-16-6-2-1-3-7-16)22-12-10-21(11-13-22)15-17-8-4-5-9-19-17/h1-9H,10-15H2,(H,20,23). The molecule has 5 heteroatoms. The van der Waals surface area contributed by atoms with Crippen molar-refractivity contribution in [1.82, 2.24) is 20.1 Å². The zero-order valence-electron chi connectivity index (χ0n) is 13.2. The average Bonchev–Trinajstić information content (AvgIpc) is 2.62. The number of amides is 2. The number of carbonyl (C=O) groups excluding carboxylic acids is 1. The van der Waals surface area contributed by atoms with E-state index in [1.54, 1.807) is 0 Å². The molecule has 3 rings (SSSR count). The Labute approximate surface area is 136 Å². The average molecular weight is 310 g/mol. The molecule has 5 nitrogen and oxygen atoms in total. The molecule has 1 saturated heterocycles. The third-order valence-electron chi connectivity index (χ3n) is 4.06. The number of nitrogens with one attached hydrogen (secondary N) is 1. The van der Waals surface area contributed by atoms with E-state index < -0.39 is 0 Å². The Morgan fingerprint density at radius 1 is 1.00 bits per heavy atom. The topological polar surface area (TPSA) is 48.5 Å². The highest BCUT2D eigenvalue weighted by atomic mass is 16.2. The zero-order valence-corrected chi connectivity index (χ0v) is 13.2. The van der Waals surface area contributed by atoms with Crippen molar-refractivity contribution in [2.75, 3.05) is 26.2 Å². The number of nitrogens with zero attached hydrogens (tertiary/aromatic N) is 3. The molecule has 0 bridgehead atoms. The Kier molecular flexibility index (Phi) is 5.21. The van der Waals surface area contributed by atoms with E-state index in [0.717, 1.165) is 44.0 Å². The second-order valence-corrected chi connectivity index (χ2v) is 5.73. The number of piperazine rings is 1. The second kappa shape index (κ2) is 7.74. The van der Waals surface area contributed by atoms with E-state index in [2.05, 4.69) is 15.2 Å². The van der Waals surface area contributed by atoms with E-state index in [1.165, 1.54) is 0 Å². The molecule has 1 aromatic heterocycles. The summed E-state index contributed by atoms with van der Waals surface area (Å²) in [4.78, 5) is 20.8. The van der Waals surface area contributed by atoms with E-state index in [4.69, 9.17) is 0 Å². The minimum atomic E-state index is 0.0198. The lowest BCUT2D eigenvalue weighted by Gasteiger charge is -2.34. The molecule has 0 aliphatic carbocycles. The van der Waals surface area contributed by atoms with E-state index in [9.17, 15) is 4.79 Å². The van der Waals surface area contributed by atoms with Crippen LogP contribution in [0, 0.1) is 0 Å². The summed E-state index contributed by atoms with van der Waals surface area (Å²) < 4.78 is 0. The fourth-order valence-corrected chi connectivity index (χ4v) is 2.72. The van der Waals surface area contributed by atoms with Gasteiger partial charge in [0.25, 0.3) is 0 Å². The van der Waals surface area contributed by atoms with Crippen LogP contribution < -0.4 is 5.32 Å². The summed E-state index contributed by atoms with van der Waals surface area (Å²) in [6, 6.07) is 16.0. The maximum absolute atomic E-state index is 12.2. The number of hydrogen-bond acceptors (Lipinski definition) is 3. The third-order valence-corrected chi connectivity index (χ3v) is 4.06. The molecule has 1 fully saturated rings. The maximum atomic E-state index is 12.2. The van der Waals surface area contributed by atoms with Crippen LogP contribution in [0.15, 0.2) is 54.7 Å². The molecule has 0 spiro atoms. The smallest absolute Gasteiger partial charge is 0.317 e. The van der Waals surface area contributed by atoms with Crippen LogP contribution >= 0.6 is 0 Å². The number of urea groups is 1. The summed E-state index contributed by atoms with van der Waals surface area (Å²) in [7, 11) is 0. The molecular weight excluding hydrogens is 288 g/mol. The Hall–Kier alpha value is -2.40. The number of aromatic nitrogens is 1. The Bertz CT molecular complexity index is 609. The van der Waals surface area contributed by atoms with Gasteiger partial charge in [-0.25, -0.2) is 4.79 Å². The van der Waals surface area contributed by atoms with E-state index in [1.807, 2.05) is 59.6 Å². The summed E-state index contributed by atoms with van der Waals surface area (Å²) in [6.45, 7) is 4.71. The molecule has 1 aromatic carbocycles. The number of hydrogen-bond donors (Lipinski definition) is 1. The predicted octanol–water partition coefficient (Wildman–Crippen LogP) is 2.11. The van der Waals surface area contributed by atoms with Gasteiger partial charge < -0.3 is 10.2 Å². The molecule has 0 saturated carbocycles. The van der Waals surface area contributed by atoms with Crippen molar-refractivity contribution < 1.29 is 4.79 Å². The molecule has 0 atom stereocenters. The number of carbonyl (C=O) groups is 1. The summed E-state index contributed by atoms with van der Waals surface area (Å²) in [5.74, 6) is 0. The van der Waals surface area contributed by atoms with Crippen LogP contribution in [0.4, 0.5) is 4.79 Å². The molecule has 0 unspecified atom stereocenters. The van der Waals surface area contributed by atoms with E-state index in [0.29, 0.717) is 6.54 Å². The lowest BCUT2D eigenvalue weighted by atomic mass is 10.2. The first kappa shape index (κ1) is 15.5. The van der Waals surface area contributed by atoms with Crippen LogP contribution in [-0.4, -0.2) is 47.0 Å². The van der Waals surface area contributed by atoms with Gasteiger partial charge in [0.15, 0.2) is 0 Å². The van der Waals surface area contributed by atoms with Crippen molar-refractivity contribution in [2.45, 2.75) is 13.1 Å². The molecule has 2 amide bonds. The minimum Gasteiger partial charge on any atom is -0.334 e. The van der Waals surface area contributed by atoms with Crippen LogP contribution in [0.1, 0.15) is 11.3 Å². The minimum absolute atomic E-state index is 0.0198. The van der Waals surface area contributed by atoms with Crippen molar-refractivity contribution in [3.8, 4) is 0 Å². The van der Waals surface area contributed by atoms with Gasteiger partial charge in [-0.2, -0.15) is 0 Å². The van der Waals surface area contributed by atoms with Crippen molar-refractivity contribution >= 4 is 6.03 Å². The van der Waals surface area contributed by atoms with Crippen molar-refractivity contribution in [2.24, 2.45) is 0 Å². The monoisotopic (exact) mass is 310 g/mol. The van der Waals surface area contributed by atoms with Gasteiger partial charge in [0.2, 0.25) is 0 Å². The van der Waals surface area contributed by atoms with Gasteiger partial charge in [0.1, 0.15) is 0 Å². The number of pyridine rings is 1. The number of rotatable bonds is 4. The van der Waals surface area contributed by atoms with Gasteiger partial charge in [-0.15, -0.1) is 0 Å². The highest BCUT2D eigenvalue weighted by molar-refractivity contribution is 5.74. The maximum Gasteiger partial charge on any atom is 0.317 e. The summed E-state index contributed by atoms with van der Waals surface area (Å²) >= 11 is 0. The van der Waals surface area contributed by atoms with Crippen LogP contribution in [0.3, 0.4) is 0 Å². The Morgan fingerprint density at radius 2 is 1.74 bits per heavy atom. The lowest BCUT2D eigenvalue weighted by molar-refractivity contribution is 0.134. The molecule has 2 aromatic rings. The van der Waals surface area contributed by atoms with E-state index in [-0.39, 0.29) is 6.03 Å². The lowest BCUT2D eigenvalue weighted by Crippen LogP contribution is -2.51. The molecule has 0 radical (unpaired) electrons. The number of benzene rings is 1. The van der Waals surface area contributed by atoms with Gasteiger partial charge in [-0.3, -0.25) is 9.88 Å². The second-order valence-electron chi connectivity index (χ2n) is 5.73. The highest BCUT2D eigenvalue weighted by Gasteiger charge is 2.20. The van der Waals surface area contributed by atoms with Crippen LogP contribution in [-0.2, 0) is 13.1 Å². The predicted molar refractivity (Wildman–Crippen MR) is 89.8 cm³/mol. The first-order chi connectivity index (χ1) is 11.3. The summed E-state index contributed by atoms with van der Waals surface area (Å²) in [5.41, 5.74) is 2.20. The first-order valence-corrected chi connectivity index (χ1v) is 8.00. The first-order valence-electron chi connectivity index (χ1n) is 8.00. The zero-order chi connectivity index (χ0) is 15.9. The van der Waals surface area contributed by atoms with Gasteiger partial charge in [-0.05, 0) is 17.7 Å². The van der Waals surface area contributed by atoms with Crippen molar-refractivity contribution in [1.29, 1.82) is 0 Å². The quantitative estimate of drug-likeness (QED) is 0.941. The van der Waals surface area contributed by atoms with E-state index >= 15 is 0 Å². The van der Waals surface area contributed by atoms with Crippen LogP contribution in [0.5, 0.6) is 0 Å². The Morgan fingerprint density at radius 3 is 2.43 bits per heavy atom. The molecule has 120 valence electrons. The Balaban J connectivity index is 1.42. The van der Waals surface area contributed by atoms with Gasteiger partial charge in [0, 0.05) is 45.5 Å².